The number of carbonyl (C=O) groups excluding carboxylic acids is 1. The molecule has 0 fully saturated rings. The molecule has 6 heteroatoms. The molecule has 0 saturated heterocycles. The van der Waals surface area contributed by atoms with Crippen molar-refractivity contribution in [2.45, 2.75) is 18.8 Å². The molecule has 0 aliphatic carbocycles. The van der Waals surface area contributed by atoms with E-state index in [1.165, 1.54) is 0 Å². The van der Waals surface area contributed by atoms with Crippen LogP contribution in [0.15, 0.2) is 60.7 Å². The third-order valence-electron chi connectivity index (χ3n) is 5.68. The number of nitrogens with zero attached hydrogens (tertiary/aromatic N) is 1. The van der Waals surface area contributed by atoms with Crippen LogP contribution in [0.1, 0.15) is 61.5 Å². The molecule has 1 amide bonds. The van der Waals surface area contributed by atoms with Crippen LogP contribution in [0.2, 0.25) is 0 Å². The third kappa shape index (κ3) is 2.84. The summed E-state index contributed by atoms with van der Waals surface area (Å²) in [6.07, 6.45) is -0.371. The standard InChI is InChI=1S/C24H18N4O2/c25-11-14-3-7-17-19(9-14)22-20-10-16(6-8-18(20)21(17)30-22)24(29)28-12-13-1-4-15(5-2-13)23(26)27/h1-10,21-22H,12H2,(H3,26,27)(H,28,29)/t21-,22+/m0/s1. The van der Waals surface area contributed by atoms with Gasteiger partial charge < -0.3 is 15.8 Å². The molecule has 0 spiro atoms. The number of nitrogen functional groups attached to an aromatic ring is 1. The Bertz CT molecular complexity index is 1240. The van der Waals surface area contributed by atoms with Gasteiger partial charge in [-0.05, 0) is 52.1 Å². The van der Waals surface area contributed by atoms with Crippen molar-refractivity contribution in [3.05, 3.63) is 105 Å². The zero-order valence-electron chi connectivity index (χ0n) is 16.0. The van der Waals surface area contributed by atoms with Gasteiger partial charge in [0, 0.05) is 17.7 Å². The Morgan fingerprint density at radius 2 is 1.60 bits per heavy atom. The van der Waals surface area contributed by atoms with Crippen molar-refractivity contribution in [2.24, 2.45) is 5.73 Å². The van der Waals surface area contributed by atoms with E-state index >= 15 is 0 Å². The van der Waals surface area contributed by atoms with Gasteiger partial charge in [-0.25, -0.2) is 0 Å². The highest BCUT2D eigenvalue weighted by atomic mass is 16.5. The fraction of sp³-hybridized carbons (Fsp3) is 0.125. The summed E-state index contributed by atoms with van der Waals surface area (Å²) >= 11 is 0. The van der Waals surface area contributed by atoms with Crippen LogP contribution < -0.4 is 11.1 Å². The summed E-state index contributed by atoms with van der Waals surface area (Å²) in [5.41, 5.74) is 12.4. The van der Waals surface area contributed by atoms with Crippen LogP contribution in [0.4, 0.5) is 0 Å². The lowest BCUT2D eigenvalue weighted by molar-refractivity contribution is 0.0857. The molecule has 30 heavy (non-hydrogen) atoms. The summed E-state index contributed by atoms with van der Waals surface area (Å²) in [4.78, 5) is 12.7. The molecule has 3 aromatic carbocycles. The molecule has 2 atom stereocenters. The fourth-order valence-corrected chi connectivity index (χ4v) is 4.14. The van der Waals surface area contributed by atoms with Gasteiger partial charge in [0.25, 0.3) is 5.91 Å². The number of ether oxygens (including phenoxy) is 1. The molecule has 0 unspecified atom stereocenters. The summed E-state index contributed by atoms with van der Waals surface area (Å²) in [5.74, 6) is -0.147. The van der Waals surface area contributed by atoms with Crippen LogP contribution in [-0.2, 0) is 11.3 Å². The van der Waals surface area contributed by atoms with E-state index in [0.717, 1.165) is 27.8 Å². The number of amides is 1. The highest BCUT2D eigenvalue weighted by Crippen LogP contribution is 2.54. The first-order chi connectivity index (χ1) is 14.5. The number of hydrogen-bond donors (Lipinski definition) is 3. The number of carbonyl (C=O) groups is 1. The van der Waals surface area contributed by atoms with Crippen LogP contribution in [0.25, 0.3) is 0 Å². The largest absolute Gasteiger partial charge is 0.384 e. The second kappa shape index (κ2) is 6.83. The molecule has 4 N–H and O–H groups in total. The molecule has 3 aromatic rings. The highest BCUT2D eigenvalue weighted by molar-refractivity contribution is 5.95. The molecule has 6 nitrogen and oxygen atoms in total. The fourth-order valence-electron chi connectivity index (χ4n) is 4.14. The second-order valence-electron chi connectivity index (χ2n) is 7.49. The summed E-state index contributed by atoms with van der Waals surface area (Å²) in [6.45, 7) is 0.380. The van der Waals surface area contributed by atoms with E-state index < -0.39 is 0 Å². The lowest BCUT2D eigenvalue weighted by Crippen LogP contribution is -2.23. The van der Waals surface area contributed by atoms with Crippen molar-refractivity contribution in [3.63, 3.8) is 0 Å². The van der Waals surface area contributed by atoms with Crippen molar-refractivity contribution < 1.29 is 9.53 Å². The molecule has 5 rings (SSSR count). The molecule has 2 bridgehead atoms. The van der Waals surface area contributed by atoms with Crippen molar-refractivity contribution in [1.82, 2.24) is 5.32 Å². The number of amidine groups is 1. The average Bonchev–Trinajstić information content (AvgIpc) is 3.34. The minimum Gasteiger partial charge on any atom is -0.384 e. The summed E-state index contributed by atoms with van der Waals surface area (Å²) < 4.78 is 6.14. The second-order valence-corrected chi connectivity index (χ2v) is 7.49. The van der Waals surface area contributed by atoms with Crippen molar-refractivity contribution in [1.29, 1.82) is 10.7 Å². The van der Waals surface area contributed by atoms with Crippen LogP contribution >= 0.6 is 0 Å². The van der Waals surface area contributed by atoms with E-state index in [-0.39, 0.29) is 24.0 Å². The van der Waals surface area contributed by atoms with Gasteiger partial charge in [0.05, 0.1) is 11.6 Å². The van der Waals surface area contributed by atoms with Crippen LogP contribution in [0.5, 0.6) is 0 Å². The van der Waals surface area contributed by atoms with Crippen LogP contribution in [-0.4, -0.2) is 11.7 Å². The quantitative estimate of drug-likeness (QED) is 0.465. The number of nitrogens with two attached hydrogens (primary N) is 1. The van der Waals surface area contributed by atoms with Crippen molar-refractivity contribution in [3.8, 4) is 6.07 Å². The van der Waals surface area contributed by atoms with Gasteiger partial charge in [-0.2, -0.15) is 5.26 Å². The Labute approximate surface area is 173 Å². The Balaban J connectivity index is 1.34. The Hall–Kier alpha value is -3.95. The van der Waals surface area contributed by atoms with E-state index in [9.17, 15) is 10.1 Å². The Morgan fingerprint density at radius 3 is 2.30 bits per heavy atom. The summed E-state index contributed by atoms with van der Waals surface area (Å²) in [6, 6.07) is 20.7. The molecule has 0 radical (unpaired) electrons. The third-order valence-corrected chi connectivity index (χ3v) is 5.68. The first-order valence-electron chi connectivity index (χ1n) is 9.60. The van der Waals surface area contributed by atoms with Crippen molar-refractivity contribution in [2.75, 3.05) is 0 Å². The Kier molecular flexibility index (Phi) is 4.12. The minimum absolute atomic E-state index is 0.0173. The van der Waals surface area contributed by atoms with E-state index in [0.29, 0.717) is 23.2 Å². The number of hydrogen-bond acceptors (Lipinski definition) is 4. The molecular formula is C24H18N4O2. The molecular weight excluding hydrogens is 376 g/mol. The minimum atomic E-state index is -0.236. The molecule has 0 saturated carbocycles. The van der Waals surface area contributed by atoms with Crippen LogP contribution in [0.3, 0.4) is 0 Å². The maximum absolute atomic E-state index is 12.7. The number of rotatable bonds is 4. The molecule has 146 valence electrons. The zero-order chi connectivity index (χ0) is 20.8. The average molecular weight is 394 g/mol. The van der Waals surface area contributed by atoms with Gasteiger partial charge in [0.15, 0.2) is 0 Å². The molecule has 2 heterocycles. The lowest BCUT2D eigenvalue weighted by atomic mass is 9.84. The Morgan fingerprint density at radius 1 is 0.967 bits per heavy atom. The van der Waals surface area contributed by atoms with Crippen molar-refractivity contribution >= 4 is 11.7 Å². The number of nitriles is 1. The normalized spacial score (nSPS) is 17.7. The highest BCUT2D eigenvalue weighted by Gasteiger charge is 2.42. The topological polar surface area (TPSA) is 112 Å². The summed E-state index contributed by atoms with van der Waals surface area (Å²) in [7, 11) is 0. The van der Waals surface area contributed by atoms with E-state index in [1.54, 1.807) is 12.1 Å². The lowest BCUT2D eigenvalue weighted by Gasteiger charge is -2.17. The van der Waals surface area contributed by atoms with Crippen LogP contribution in [0, 0.1) is 16.7 Å². The first kappa shape index (κ1) is 18.1. The van der Waals surface area contributed by atoms with Gasteiger partial charge in [0.1, 0.15) is 18.0 Å². The van der Waals surface area contributed by atoms with Gasteiger partial charge in [-0.3, -0.25) is 10.2 Å². The smallest absolute Gasteiger partial charge is 0.251 e. The predicted octanol–water partition coefficient (Wildman–Crippen LogP) is 3.29. The maximum Gasteiger partial charge on any atom is 0.251 e. The molecule has 0 aromatic heterocycles. The van der Waals surface area contributed by atoms with Gasteiger partial charge >= 0.3 is 0 Å². The number of fused-ring (bicyclic) bond motifs is 8. The molecule has 2 aliphatic heterocycles. The first-order valence-corrected chi connectivity index (χ1v) is 9.60. The number of nitrogens with one attached hydrogen (secondary N) is 2. The van der Waals surface area contributed by atoms with E-state index in [4.69, 9.17) is 15.9 Å². The number of benzene rings is 3. The van der Waals surface area contributed by atoms with E-state index in [1.807, 2.05) is 48.5 Å². The molecule has 2 aliphatic rings. The SMILES string of the molecule is N#Cc1ccc2c(c1)[C@H]1O[C@@H]2c2ccc(C(=O)NCc3ccc(C(=N)N)cc3)cc21. The monoisotopic (exact) mass is 394 g/mol. The van der Waals surface area contributed by atoms with Gasteiger partial charge in [-0.1, -0.05) is 36.4 Å². The zero-order valence-corrected chi connectivity index (χ0v) is 16.0. The van der Waals surface area contributed by atoms with Gasteiger partial charge in [-0.15, -0.1) is 0 Å². The maximum atomic E-state index is 12.7. The van der Waals surface area contributed by atoms with Gasteiger partial charge in [0.2, 0.25) is 0 Å². The predicted molar refractivity (Wildman–Crippen MR) is 111 cm³/mol. The summed E-state index contributed by atoms with van der Waals surface area (Å²) in [5, 5.41) is 19.5. The van der Waals surface area contributed by atoms with E-state index in [2.05, 4.69) is 11.4 Å².